The van der Waals surface area contributed by atoms with E-state index in [1.807, 2.05) is 0 Å². The van der Waals surface area contributed by atoms with Gasteiger partial charge in [-0.15, -0.1) is 0 Å². The number of nitrogens with zero attached hydrogens (tertiary/aromatic N) is 2. The molecule has 1 rings (SSSR count). The number of esters is 1. The lowest BCUT2D eigenvalue weighted by atomic mass is 10.1. The average Bonchev–Trinajstić information content (AvgIpc) is 2.68. The van der Waals surface area contributed by atoms with Crippen molar-refractivity contribution in [3.63, 3.8) is 0 Å². The molecule has 0 spiro atoms. The van der Waals surface area contributed by atoms with Gasteiger partial charge in [0, 0.05) is 26.0 Å². The van der Waals surface area contributed by atoms with E-state index >= 15 is 0 Å². The van der Waals surface area contributed by atoms with Crippen molar-refractivity contribution in [2.24, 2.45) is 0 Å². The first kappa shape index (κ1) is 17.4. The number of rotatable bonds is 4. The van der Waals surface area contributed by atoms with Crippen LogP contribution in [-0.2, 0) is 9.53 Å². The minimum Gasteiger partial charge on any atom is -0.418 e. The number of hydrogen-bond acceptors (Lipinski definition) is 4. The van der Waals surface area contributed by atoms with E-state index < -0.39 is 30.3 Å². The summed E-state index contributed by atoms with van der Waals surface area (Å²) in [6, 6.07) is 0. The molecule has 11 heteroatoms. The maximum Gasteiger partial charge on any atom is 0.460 e. The standard InChI is InChI=1S/C10H11F7N2O2/c1-3-19-5-4-18(2)7(19)21-6(20)8(11,12)9(13,14)10(15,16)17/h4-5,7H,3H2,1-2H3. The Morgan fingerprint density at radius 2 is 1.67 bits per heavy atom. The van der Waals surface area contributed by atoms with Crippen molar-refractivity contribution in [1.29, 1.82) is 0 Å². The van der Waals surface area contributed by atoms with Gasteiger partial charge in [-0.05, 0) is 6.92 Å². The molecule has 21 heavy (non-hydrogen) atoms. The first-order valence-electron chi connectivity index (χ1n) is 5.55. The van der Waals surface area contributed by atoms with Crippen LogP contribution in [0.5, 0.6) is 0 Å². The molecule has 0 bridgehead atoms. The largest absolute Gasteiger partial charge is 0.460 e. The Morgan fingerprint density at radius 3 is 2.10 bits per heavy atom. The van der Waals surface area contributed by atoms with E-state index in [0.29, 0.717) is 0 Å². The Kier molecular flexibility index (Phi) is 4.35. The predicted octanol–water partition coefficient (Wildman–Crippen LogP) is 2.38. The lowest BCUT2D eigenvalue weighted by molar-refractivity contribution is -0.350. The molecule has 0 aromatic heterocycles. The fraction of sp³-hybridized carbons (Fsp3) is 0.700. The molecule has 0 saturated carbocycles. The zero-order chi connectivity index (χ0) is 16.6. The second kappa shape index (κ2) is 5.26. The van der Waals surface area contributed by atoms with Gasteiger partial charge in [-0.1, -0.05) is 0 Å². The normalized spacial score (nSPS) is 20.1. The van der Waals surface area contributed by atoms with Crippen molar-refractivity contribution < 1.29 is 40.3 Å². The minimum absolute atomic E-state index is 0.153. The van der Waals surface area contributed by atoms with Gasteiger partial charge < -0.3 is 14.5 Å². The highest BCUT2D eigenvalue weighted by atomic mass is 19.4. The number of carbonyl (C=O) groups is 1. The summed E-state index contributed by atoms with van der Waals surface area (Å²) in [6.07, 6.45) is -5.52. The highest BCUT2D eigenvalue weighted by Gasteiger charge is 2.77. The Hall–Kier alpha value is -1.68. The van der Waals surface area contributed by atoms with Crippen LogP contribution < -0.4 is 0 Å². The average molecular weight is 324 g/mol. The van der Waals surface area contributed by atoms with E-state index in [2.05, 4.69) is 4.74 Å². The van der Waals surface area contributed by atoms with Crippen molar-refractivity contribution in [2.45, 2.75) is 31.3 Å². The quantitative estimate of drug-likeness (QED) is 0.587. The summed E-state index contributed by atoms with van der Waals surface area (Å²) in [5.41, 5.74) is 0. The molecule has 0 aromatic carbocycles. The second-order valence-electron chi connectivity index (χ2n) is 4.17. The molecule has 0 amide bonds. The molecule has 1 unspecified atom stereocenters. The summed E-state index contributed by atoms with van der Waals surface area (Å²) in [5.74, 6) is -15.5. The molecule has 1 aliphatic heterocycles. The van der Waals surface area contributed by atoms with Gasteiger partial charge in [0.1, 0.15) is 0 Å². The highest BCUT2D eigenvalue weighted by molar-refractivity contribution is 5.79. The van der Waals surface area contributed by atoms with Gasteiger partial charge in [0.15, 0.2) is 0 Å². The monoisotopic (exact) mass is 324 g/mol. The van der Waals surface area contributed by atoms with Crippen molar-refractivity contribution in [2.75, 3.05) is 13.6 Å². The van der Waals surface area contributed by atoms with E-state index in [9.17, 15) is 35.5 Å². The van der Waals surface area contributed by atoms with Gasteiger partial charge in [-0.25, -0.2) is 4.79 Å². The molecule has 0 aromatic rings. The number of carbonyl (C=O) groups excluding carboxylic acids is 1. The summed E-state index contributed by atoms with van der Waals surface area (Å²) >= 11 is 0. The van der Waals surface area contributed by atoms with Crippen LogP contribution in [0.1, 0.15) is 6.92 Å². The van der Waals surface area contributed by atoms with Crippen LogP contribution in [0, 0.1) is 0 Å². The Bertz CT molecular complexity index is 436. The van der Waals surface area contributed by atoms with Crippen LogP contribution in [-0.4, -0.2) is 53.7 Å². The van der Waals surface area contributed by atoms with Crippen molar-refractivity contribution in [3.05, 3.63) is 12.4 Å². The maximum absolute atomic E-state index is 13.1. The highest BCUT2D eigenvalue weighted by Crippen LogP contribution is 2.47. The molecule has 0 N–H and O–H groups in total. The van der Waals surface area contributed by atoms with Crippen LogP contribution in [0.3, 0.4) is 0 Å². The van der Waals surface area contributed by atoms with Crippen LogP contribution in [0.4, 0.5) is 30.7 Å². The molecule has 0 aliphatic carbocycles. The number of halogens is 7. The molecule has 1 aliphatic rings. The molecule has 4 nitrogen and oxygen atoms in total. The molecule has 0 radical (unpaired) electrons. The SMILES string of the molecule is CCN1C=CN(C)C1OC(=O)C(F)(F)C(F)(F)C(F)(F)F. The van der Waals surface area contributed by atoms with Crippen LogP contribution >= 0.6 is 0 Å². The van der Waals surface area contributed by atoms with E-state index in [4.69, 9.17) is 0 Å². The molecule has 0 saturated heterocycles. The number of ether oxygens (including phenoxy) is 1. The summed E-state index contributed by atoms with van der Waals surface area (Å²) < 4.78 is 91.5. The molecule has 0 fully saturated rings. The first-order valence-corrected chi connectivity index (χ1v) is 5.55. The maximum atomic E-state index is 13.1. The van der Waals surface area contributed by atoms with Gasteiger partial charge in [0.2, 0.25) is 0 Å². The molecule has 1 atom stereocenters. The Morgan fingerprint density at radius 1 is 1.14 bits per heavy atom. The third-order valence-electron chi connectivity index (χ3n) is 2.71. The summed E-state index contributed by atoms with van der Waals surface area (Å²) in [6.45, 7) is 1.69. The van der Waals surface area contributed by atoms with E-state index in [1.54, 1.807) is 0 Å². The Balaban J connectivity index is 2.93. The second-order valence-corrected chi connectivity index (χ2v) is 4.17. The van der Waals surface area contributed by atoms with Crippen LogP contribution in [0.25, 0.3) is 0 Å². The van der Waals surface area contributed by atoms with Gasteiger partial charge >= 0.3 is 24.0 Å². The van der Waals surface area contributed by atoms with Gasteiger partial charge in [-0.3, -0.25) is 0 Å². The van der Waals surface area contributed by atoms with E-state index in [0.717, 1.165) is 9.80 Å². The lowest BCUT2D eigenvalue weighted by Gasteiger charge is -2.32. The number of alkyl halides is 7. The van der Waals surface area contributed by atoms with Crippen molar-refractivity contribution in [3.8, 4) is 0 Å². The molecule has 1 heterocycles. The van der Waals surface area contributed by atoms with Crippen molar-refractivity contribution in [1.82, 2.24) is 9.80 Å². The molecular weight excluding hydrogens is 313 g/mol. The van der Waals surface area contributed by atoms with Crippen LogP contribution in [0.15, 0.2) is 12.4 Å². The van der Waals surface area contributed by atoms with Gasteiger partial charge in [0.05, 0.1) is 0 Å². The summed E-state index contributed by atoms with van der Waals surface area (Å²) in [4.78, 5) is 13.3. The zero-order valence-corrected chi connectivity index (χ0v) is 10.8. The predicted molar refractivity (Wildman–Crippen MR) is 55.1 cm³/mol. The first-order chi connectivity index (χ1) is 9.36. The molecular formula is C10H11F7N2O2. The van der Waals surface area contributed by atoms with Gasteiger partial charge in [-0.2, -0.15) is 30.7 Å². The third-order valence-corrected chi connectivity index (χ3v) is 2.71. The lowest BCUT2D eigenvalue weighted by Crippen LogP contribution is -2.58. The van der Waals surface area contributed by atoms with E-state index in [-0.39, 0.29) is 6.54 Å². The topological polar surface area (TPSA) is 32.8 Å². The third kappa shape index (κ3) is 2.86. The number of hydrogen-bond donors (Lipinski definition) is 0. The van der Waals surface area contributed by atoms with E-state index in [1.165, 1.54) is 26.4 Å². The summed E-state index contributed by atoms with van der Waals surface area (Å²) in [5, 5.41) is 0. The zero-order valence-electron chi connectivity index (χ0n) is 10.8. The molecule has 122 valence electrons. The fourth-order valence-corrected chi connectivity index (χ4v) is 1.46. The van der Waals surface area contributed by atoms with Crippen molar-refractivity contribution >= 4 is 5.97 Å². The Labute approximate surface area is 114 Å². The van der Waals surface area contributed by atoms with Crippen LogP contribution in [0.2, 0.25) is 0 Å². The van der Waals surface area contributed by atoms with Gasteiger partial charge in [0.25, 0.3) is 6.35 Å². The minimum atomic E-state index is -6.58. The summed E-state index contributed by atoms with van der Waals surface area (Å²) in [7, 11) is 1.27. The fourth-order valence-electron chi connectivity index (χ4n) is 1.46. The smallest absolute Gasteiger partial charge is 0.418 e.